The van der Waals surface area contributed by atoms with Crippen molar-refractivity contribution in [3.63, 3.8) is 0 Å². The molecule has 0 aromatic heterocycles. The van der Waals surface area contributed by atoms with E-state index in [0.29, 0.717) is 0 Å². The van der Waals surface area contributed by atoms with Gasteiger partial charge in [-0.2, -0.15) is 0 Å². The van der Waals surface area contributed by atoms with E-state index >= 15 is 0 Å². The van der Waals surface area contributed by atoms with Gasteiger partial charge in [-0.3, -0.25) is 0 Å². The third kappa shape index (κ3) is 158. The Bertz CT molecular complexity index is 461. The van der Waals surface area contributed by atoms with E-state index in [4.69, 9.17) is 0 Å². The normalized spacial score (nSPS) is 11.9. The summed E-state index contributed by atoms with van der Waals surface area (Å²) in [5.41, 5.74) is 0. The van der Waals surface area contributed by atoms with Crippen LogP contribution in [0.25, 0.3) is 0 Å². The highest BCUT2D eigenvalue weighted by atomic mass is 19.3. The lowest BCUT2D eigenvalue weighted by molar-refractivity contribution is -0.0251. The fourth-order valence-corrected chi connectivity index (χ4v) is 1.92. The van der Waals surface area contributed by atoms with Crippen molar-refractivity contribution in [2.45, 2.75) is 258 Å². The molecule has 0 bridgehead atoms. The third-order valence-electron chi connectivity index (χ3n) is 6.86. The predicted octanol–water partition coefficient (Wildman–Crippen LogP) is 19.9. The van der Waals surface area contributed by atoms with E-state index in [9.17, 15) is 13.2 Å². The largest absolute Gasteiger partial charge is 0.248 e. The molecule has 1 unspecified atom stereocenters. The monoisotopic (exact) mass is 747 g/mol. The molecule has 1 aliphatic rings. The maximum absolute atomic E-state index is 11.8. The number of rotatable bonds is 9. The number of alkyl halides is 3. The van der Waals surface area contributed by atoms with Gasteiger partial charge in [-0.25, -0.2) is 13.2 Å². The molecule has 0 spiro atoms. The summed E-state index contributed by atoms with van der Waals surface area (Å²) in [6.07, 6.45) is 10.4. The second kappa shape index (κ2) is 54.1. The van der Waals surface area contributed by atoms with Crippen LogP contribution in [0.2, 0.25) is 0 Å². The Hall–Kier alpha value is -0.210. The zero-order chi connectivity index (χ0) is 41.5. The molecule has 0 aliphatic heterocycles. The van der Waals surface area contributed by atoms with Gasteiger partial charge in [0.1, 0.15) is 0 Å². The van der Waals surface area contributed by atoms with E-state index in [-0.39, 0.29) is 20.8 Å². The van der Waals surface area contributed by atoms with Crippen molar-refractivity contribution in [1.82, 2.24) is 0 Å². The number of hydrogen-bond acceptors (Lipinski definition) is 0. The fourth-order valence-electron chi connectivity index (χ4n) is 1.92. The van der Waals surface area contributed by atoms with Crippen molar-refractivity contribution in [3.05, 3.63) is 0 Å². The molecule has 0 aromatic carbocycles. The minimum atomic E-state index is -2.50. The fraction of sp³-hybridized carbons (Fsp3) is 1.00. The topological polar surface area (TPSA) is 0 Å². The third-order valence-corrected chi connectivity index (χ3v) is 6.86. The van der Waals surface area contributed by atoms with Gasteiger partial charge in [0.25, 0.3) is 0 Å². The van der Waals surface area contributed by atoms with E-state index in [2.05, 4.69) is 138 Å². The van der Waals surface area contributed by atoms with Gasteiger partial charge in [-0.15, -0.1) is 0 Å². The summed E-state index contributed by atoms with van der Waals surface area (Å²) in [4.78, 5) is 0. The van der Waals surface area contributed by atoms with Gasteiger partial charge in [0.2, 0.25) is 5.92 Å². The maximum Gasteiger partial charge on any atom is 0.247 e. The molecule has 1 saturated carbocycles. The Morgan fingerprint density at radius 1 is 0.490 bits per heavy atom. The van der Waals surface area contributed by atoms with E-state index in [1.54, 1.807) is 6.92 Å². The molecule has 1 rings (SSSR count). The number of halogens is 3. The summed E-state index contributed by atoms with van der Waals surface area (Å²) < 4.78 is 35.5. The summed E-state index contributed by atoms with van der Waals surface area (Å²) >= 11 is 0. The molecular weight excluding hydrogens is 634 g/mol. The Balaban J connectivity index is -0.0000000464. The molecule has 0 amide bonds. The molecule has 0 aromatic rings. The van der Waals surface area contributed by atoms with Crippen LogP contribution in [-0.4, -0.2) is 12.1 Å². The zero-order valence-corrected chi connectivity index (χ0v) is 39.6. The molecule has 0 heterocycles. The van der Waals surface area contributed by atoms with Crippen molar-refractivity contribution in [2.24, 2.45) is 59.2 Å². The van der Waals surface area contributed by atoms with Crippen LogP contribution in [0.3, 0.4) is 0 Å². The van der Waals surface area contributed by atoms with Crippen LogP contribution in [0.1, 0.15) is 246 Å². The van der Waals surface area contributed by atoms with Crippen LogP contribution in [0, 0.1) is 59.2 Å². The van der Waals surface area contributed by atoms with Gasteiger partial charge in [0, 0.05) is 5.92 Å². The molecular formula is C48H113F3. The van der Waals surface area contributed by atoms with Crippen LogP contribution in [0.4, 0.5) is 13.2 Å². The molecule has 1 atom stereocenters. The highest BCUT2D eigenvalue weighted by Gasteiger charge is 2.25. The van der Waals surface area contributed by atoms with Crippen molar-refractivity contribution >= 4 is 0 Å². The second-order valence-electron chi connectivity index (χ2n) is 18.0. The lowest BCUT2D eigenvalue weighted by Crippen LogP contribution is -2.17. The average Bonchev–Trinajstić information content (AvgIpc) is 3.75. The van der Waals surface area contributed by atoms with Crippen molar-refractivity contribution in [3.8, 4) is 0 Å². The Kier molecular flexibility index (Phi) is 80.3. The summed E-state index contributed by atoms with van der Waals surface area (Å²) in [5.74, 6) is 4.45. The van der Waals surface area contributed by atoms with E-state index in [0.717, 1.165) is 54.3 Å². The summed E-state index contributed by atoms with van der Waals surface area (Å²) in [5, 5.41) is 0. The Morgan fingerprint density at radius 3 is 0.667 bits per heavy atom. The zero-order valence-electron chi connectivity index (χ0n) is 39.6. The first-order valence-corrected chi connectivity index (χ1v) is 21.0. The van der Waals surface area contributed by atoms with Gasteiger partial charge in [-0.1, -0.05) is 220 Å². The lowest BCUT2D eigenvalue weighted by atomic mass is 10.1. The highest BCUT2D eigenvalue weighted by Crippen LogP contribution is 2.35. The van der Waals surface area contributed by atoms with Gasteiger partial charge < -0.3 is 0 Å². The Morgan fingerprint density at radius 2 is 0.667 bits per heavy atom. The van der Waals surface area contributed by atoms with Crippen LogP contribution < -0.4 is 0 Å². The Labute approximate surface area is 329 Å². The first-order valence-electron chi connectivity index (χ1n) is 21.0. The number of hydrogen-bond donors (Lipinski definition) is 0. The lowest BCUT2D eigenvalue weighted by Gasteiger charge is -2.12. The SMILES string of the molecule is C.C.CC(C)C.CC(C)C.CC(C)C(C)(F)F.CC(C)C(C)F.CC(C)C1CC1.CCC(C)C.CCC(C)C.CCCC(C)C.CCCC(C)C. The van der Waals surface area contributed by atoms with Crippen molar-refractivity contribution < 1.29 is 13.2 Å². The molecule has 0 nitrogen and oxygen atoms in total. The molecule has 3 heteroatoms. The molecule has 1 aliphatic carbocycles. The van der Waals surface area contributed by atoms with Gasteiger partial charge in [0.05, 0.1) is 6.17 Å². The van der Waals surface area contributed by atoms with Crippen LogP contribution in [-0.2, 0) is 0 Å². The molecule has 326 valence electrons. The van der Waals surface area contributed by atoms with Crippen LogP contribution in [0.15, 0.2) is 0 Å². The van der Waals surface area contributed by atoms with Crippen molar-refractivity contribution in [2.75, 3.05) is 0 Å². The molecule has 1 fully saturated rings. The van der Waals surface area contributed by atoms with Gasteiger partial charge >= 0.3 is 0 Å². The predicted molar refractivity (Wildman–Crippen MR) is 243 cm³/mol. The first-order chi connectivity index (χ1) is 21.9. The first kappa shape index (κ1) is 75.7. The van der Waals surface area contributed by atoms with Crippen LogP contribution >= 0.6 is 0 Å². The van der Waals surface area contributed by atoms with E-state index < -0.39 is 18.0 Å². The van der Waals surface area contributed by atoms with Crippen molar-refractivity contribution in [1.29, 1.82) is 0 Å². The average molecular weight is 747 g/mol. The summed E-state index contributed by atoms with van der Waals surface area (Å²) in [6, 6.07) is 0. The maximum atomic E-state index is 11.8. The smallest absolute Gasteiger partial charge is 0.247 e. The minimum Gasteiger partial charge on any atom is -0.248 e. The van der Waals surface area contributed by atoms with Gasteiger partial charge in [-0.05, 0) is 80.0 Å². The second-order valence-corrected chi connectivity index (χ2v) is 18.0. The quantitative estimate of drug-likeness (QED) is 0.220. The van der Waals surface area contributed by atoms with Gasteiger partial charge in [0.15, 0.2) is 0 Å². The molecule has 0 N–H and O–H groups in total. The van der Waals surface area contributed by atoms with Crippen LogP contribution in [0.5, 0.6) is 0 Å². The molecule has 51 heavy (non-hydrogen) atoms. The van der Waals surface area contributed by atoms with E-state index in [1.807, 2.05) is 13.8 Å². The molecule has 0 saturated heterocycles. The summed E-state index contributed by atoms with van der Waals surface area (Å²) in [6.45, 7) is 53.6. The summed E-state index contributed by atoms with van der Waals surface area (Å²) in [7, 11) is 0. The van der Waals surface area contributed by atoms with E-state index in [1.165, 1.54) is 65.2 Å². The minimum absolute atomic E-state index is 0. The standard InChI is InChI=1S/C6H12.2C6H14.C5H10F2.C5H11F.2C5H12.2C4H10.2CH4/c1-5(2)6-3-4-6;2*1-4-5-6(2)3;1-4(2)5(3,6)7;1-4(2)5(3)6;2*1-4-5(2)3;2*1-4(2)3;;/h5-6H,3-4H2,1-2H3;2*6H,4-5H2,1-3H3;4H,1-3H3;4-5H,1-3H3;2*5H,4H2,1-3H3;2*4H,1-3H3;2*1H4. The highest BCUT2D eigenvalue weighted by molar-refractivity contribution is 4.75. The molecule has 0 radical (unpaired) electrons.